The quantitative estimate of drug-likeness (QED) is 0.153. The smallest absolute Gasteiger partial charge is 0.160 e. The van der Waals surface area contributed by atoms with Gasteiger partial charge in [-0.3, -0.25) is 0 Å². The Balaban J connectivity index is 1.02. The van der Waals surface area contributed by atoms with E-state index in [1.165, 1.54) is 44.5 Å². The van der Waals surface area contributed by atoms with E-state index in [0.717, 1.165) is 72.3 Å². The van der Waals surface area contributed by atoms with Crippen molar-refractivity contribution in [3.8, 4) is 78.4 Å². The molecular weight excluding hydrogens is 825 g/mol. The van der Waals surface area contributed by atoms with Gasteiger partial charge in [0.2, 0.25) is 0 Å². The second-order valence-corrected chi connectivity index (χ2v) is 17.6. The second kappa shape index (κ2) is 16.2. The van der Waals surface area contributed by atoms with E-state index in [1.54, 1.807) is 0 Å². The largest absolute Gasteiger partial charge is 0.455 e. The molecule has 0 aliphatic heterocycles. The van der Waals surface area contributed by atoms with Gasteiger partial charge in [-0.2, -0.15) is 0 Å². The molecule has 1 aliphatic carbocycles. The summed E-state index contributed by atoms with van der Waals surface area (Å²) in [7, 11) is 0. The first-order valence-electron chi connectivity index (χ1n) is 23.2. The van der Waals surface area contributed by atoms with E-state index in [-0.39, 0.29) is 0 Å². The van der Waals surface area contributed by atoms with Crippen LogP contribution in [-0.4, -0.2) is 9.97 Å². The van der Waals surface area contributed by atoms with Crippen LogP contribution in [0.5, 0.6) is 0 Å². The molecule has 2 aromatic heterocycles. The molecule has 3 heteroatoms. The molecule has 0 N–H and O–H groups in total. The molecule has 0 amide bonds. The molecule has 318 valence electrons. The van der Waals surface area contributed by atoms with Crippen molar-refractivity contribution in [1.82, 2.24) is 9.97 Å². The molecule has 0 fully saturated rings. The van der Waals surface area contributed by atoms with Crippen molar-refractivity contribution in [3.63, 3.8) is 0 Å². The third-order valence-electron chi connectivity index (χ3n) is 13.8. The normalized spacial score (nSPS) is 12.5. The van der Waals surface area contributed by atoms with Crippen molar-refractivity contribution in [1.29, 1.82) is 0 Å². The highest BCUT2D eigenvalue weighted by atomic mass is 16.3. The lowest BCUT2D eigenvalue weighted by molar-refractivity contribution is 0.670. The Bertz CT molecular complexity index is 3780. The molecular formula is C65H42N2O. The standard InChI is InChI=1S/C65H42N2O/c1-5-18-43(19-6-1)44-32-34-45(35-33-44)48-38-49(53-28-17-29-56-55-27-14-16-31-62(55)68-63(53)56)40-50(39-48)61-42-60(66-64(67-61)46-20-7-2-8-21-46)47-36-37-59-57(41-47)54-26-13-15-30-58(54)65(59,51-22-9-3-10-23-51)52-24-11-4-12-25-52/h1-42H. The van der Waals surface area contributed by atoms with Crippen LogP contribution in [0.25, 0.3) is 100 Å². The van der Waals surface area contributed by atoms with Gasteiger partial charge in [-0.05, 0) is 97.6 Å². The molecule has 13 rings (SSSR count). The van der Waals surface area contributed by atoms with Crippen LogP contribution in [0.15, 0.2) is 259 Å². The van der Waals surface area contributed by atoms with Crippen LogP contribution >= 0.6 is 0 Å². The fourth-order valence-electron chi connectivity index (χ4n) is 10.6. The molecule has 0 saturated carbocycles. The van der Waals surface area contributed by atoms with E-state index in [2.05, 4.69) is 237 Å². The Hall–Kier alpha value is -8.92. The predicted molar refractivity (Wildman–Crippen MR) is 279 cm³/mol. The maximum absolute atomic E-state index is 6.65. The van der Waals surface area contributed by atoms with Crippen molar-refractivity contribution < 1.29 is 4.42 Å². The molecule has 0 atom stereocenters. The first-order chi connectivity index (χ1) is 33.7. The van der Waals surface area contributed by atoms with Crippen LogP contribution < -0.4 is 0 Å². The van der Waals surface area contributed by atoms with Crippen LogP contribution in [0, 0.1) is 0 Å². The molecule has 0 unspecified atom stereocenters. The maximum atomic E-state index is 6.65. The number of benzene rings is 10. The molecule has 0 spiro atoms. The van der Waals surface area contributed by atoms with Gasteiger partial charge in [-0.1, -0.05) is 218 Å². The summed E-state index contributed by atoms with van der Waals surface area (Å²) in [6.45, 7) is 0. The summed E-state index contributed by atoms with van der Waals surface area (Å²) in [5.41, 5.74) is 20.0. The van der Waals surface area contributed by atoms with Gasteiger partial charge in [0, 0.05) is 33.0 Å². The molecule has 68 heavy (non-hydrogen) atoms. The van der Waals surface area contributed by atoms with Gasteiger partial charge in [0.1, 0.15) is 11.2 Å². The first-order valence-corrected chi connectivity index (χ1v) is 23.2. The lowest BCUT2D eigenvalue weighted by Gasteiger charge is -2.33. The average molecular weight is 867 g/mol. The van der Waals surface area contributed by atoms with Crippen molar-refractivity contribution >= 4 is 21.9 Å². The second-order valence-electron chi connectivity index (χ2n) is 17.6. The Morgan fingerprint density at radius 2 is 0.794 bits per heavy atom. The highest BCUT2D eigenvalue weighted by Gasteiger charge is 2.46. The van der Waals surface area contributed by atoms with Gasteiger partial charge in [-0.25, -0.2) is 9.97 Å². The lowest BCUT2D eigenvalue weighted by atomic mass is 9.67. The van der Waals surface area contributed by atoms with E-state index < -0.39 is 5.41 Å². The fourth-order valence-corrected chi connectivity index (χ4v) is 10.6. The monoisotopic (exact) mass is 866 g/mol. The summed E-state index contributed by atoms with van der Waals surface area (Å²) in [5, 5.41) is 2.20. The number of para-hydroxylation sites is 2. The third kappa shape index (κ3) is 6.51. The maximum Gasteiger partial charge on any atom is 0.160 e. The zero-order valence-corrected chi connectivity index (χ0v) is 37.1. The van der Waals surface area contributed by atoms with Gasteiger partial charge in [0.05, 0.1) is 16.8 Å². The number of aromatic nitrogens is 2. The third-order valence-corrected chi connectivity index (χ3v) is 13.8. The summed E-state index contributed by atoms with van der Waals surface area (Å²) in [6.07, 6.45) is 0. The van der Waals surface area contributed by atoms with Crippen molar-refractivity contribution in [2.75, 3.05) is 0 Å². The summed E-state index contributed by atoms with van der Waals surface area (Å²) >= 11 is 0. The van der Waals surface area contributed by atoms with Crippen LogP contribution in [-0.2, 0) is 5.41 Å². The Morgan fingerprint density at radius 3 is 1.51 bits per heavy atom. The topological polar surface area (TPSA) is 38.9 Å². The van der Waals surface area contributed by atoms with Gasteiger partial charge < -0.3 is 4.42 Å². The molecule has 1 aliphatic rings. The van der Waals surface area contributed by atoms with Crippen molar-refractivity contribution in [2.24, 2.45) is 0 Å². The van der Waals surface area contributed by atoms with Crippen molar-refractivity contribution in [3.05, 3.63) is 277 Å². The summed E-state index contributed by atoms with van der Waals surface area (Å²) in [5.74, 6) is 0.667. The van der Waals surface area contributed by atoms with Crippen LogP contribution in [0.3, 0.4) is 0 Å². The highest BCUT2D eigenvalue weighted by Crippen LogP contribution is 2.56. The van der Waals surface area contributed by atoms with Crippen LogP contribution in [0.1, 0.15) is 22.3 Å². The van der Waals surface area contributed by atoms with E-state index in [4.69, 9.17) is 14.4 Å². The summed E-state index contributed by atoms with van der Waals surface area (Å²) < 4.78 is 6.65. The molecule has 0 saturated heterocycles. The molecule has 2 heterocycles. The van der Waals surface area contributed by atoms with Crippen LogP contribution in [0.2, 0.25) is 0 Å². The van der Waals surface area contributed by atoms with Gasteiger partial charge >= 0.3 is 0 Å². The average Bonchev–Trinajstić information content (AvgIpc) is 3.95. The number of fused-ring (bicyclic) bond motifs is 6. The fraction of sp³-hybridized carbons (Fsp3) is 0.0154. The summed E-state index contributed by atoms with van der Waals surface area (Å²) in [6, 6.07) is 91.2. The highest BCUT2D eigenvalue weighted by molar-refractivity contribution is 6.10. The zero-order valence-electron chi connectivity index (χ0n) is 37.1. The molecule has 3 nitrogen and oxygen atoms in total. The Labute approximate surface area is 395 Å². The van der Waals surface area contributed by atoms with E-state index in [1.807, 2.05) is 18.2 Å². The van der Waals surface area contributed by atoms with E-state index in [0.29, 0.717) is 5.82 Å². The number of hydrogen-bond donors (Lipinski definition) is 0. The number of furan rings is 1. The summed E-state index contributed by atoms with van der Waals surface area (Å²) in [4.78, 5) is 10.8. The molecule has 0 bridgehead atoms. The minimum atomic E-state index is -0.488. The van der Waals surface area contributed by atoms with Crippen LogP contribution in [0.4, 0.5) is 0 Å². The Kier molecular flexibility index (Phi) is 9.40. The Morgan fingerprint density at radius 1 is 0.294 bits per heavy atom. The lowest BCUT2D eigenvalue weighted by Crippen LogP contribution is -2.28. The molecule has 12 aromatic rings. The number of hydrogen-bond acceptors (Lipinski definition) is 3. The minimum Gasteiger partial charge on any atom is -0.455 e. The van der Waals surface area contributed by atoms with Gasteiger partial charge in [0.15, 0.2) is 5.82 Å². The van der Waals surface area contributed by atoms with Gasteiger partial charge in [0.25, 0.3) is 0 Å². The van der Waals surface area contributed by atoms with Gasteiger partial charge in [-0.15, -0.1) is 0 Å². The predicted octanol–water partition coefficient (Wildman–Crippen LogP) is 16.7. The van der Waals surface area contributed by atoms with Crippen molar-refractivity contribution in [2.45, 2.75) is 5.41 Å². The number of nitrogens with zero attached hydrogens (tertiary/aromatic N) is 2. The zero-order chi connectivity index (χ0) is 45.0. The van der Waals surface area contributed by atoms with E-state index in [9.17, 15) is 0 Å². The SMILES string of the molecule is c1ccc(-c2ccc(-c3cc(-c4cc(-c5ccc6c(c5)-c5ccccc5C6(c5ccccc5)c5ccccc5)nc(-c5ccccc5)n4)cc(-c4cccc5c4oc4ccccc45)c3)cc2)cc1. The number of rotatable bonds is 8. The molecule has 0 radical (unpaired) electrons. The molecule has 10 aromatic carbocycles. The van der Waals surface area contributed by atoms with E-state index >= 15 is 0 Å². The minimum absolute atomic E-state index is 0.488. The first kappa shape index (κ1) is 39.4.